The minimum atomic E-state index is -0.753. The van der Waals surface area contributed by atoms with Crippen LogP contribution in [0.1, 0.15) is 44.1 Å². The second-order valence-electron chi connectivity index (χ2n) is 9.34. The van der Waals surface area contributed by atoms with E-state index in [1.165, 1.54) is 16.8 Å². The summed E-state index contributed by atoms with van der Waals surface area (Å²) in [5.41, 5.74) is -0.445. The van der Waals surface area contributed by atoms with Crippen molar-refractivity contribution < 1.29 is 14.3 Å². The number of carbonyl (C=O) groups is 1. The molecule has 4 aliphatic rings. The van der Waals surface area contributed by atoms with E-state index in [1.807, 2.05) is 0 Å². The molecule has 0 spiro atoms. The molecule has 0 radical (unpaired) electrons. The highest BCUT2D eigenvalue weighted by atomic mass is 35.5. The predicted molar refractivity (Wildman–Crippen MR) is 110 cm³/mol. The Balaban J connectivity index is 1.44. The second kappa shape index (κ2) is 6.80. The van der Waals surface area contributed by atoms with Crippen molar-refractivity contribution in [3.63, 3.8) is 0 Å². The van der Waals surface area contributed by atoms with Crippen molar-refractivity contribution in [1.82, 2.24) is 9.78 Å². The van der Waals surface area contributed by atoms with Crippen LogP contribution < -0.4 is 10.9 Å². The van der Waals surface area contributed by atoms with Crippen LogP contribution >= 0.6 is 11.6 Å². The molecule has 6 nitrogen and oxygen atoms in total. The van der Waals surface area contributed by atoms with Gasteiger partial charge in [-0.15, -0.1) is 0 Å². The maximum Gasteiger partial charge on any atom is 0.309 e. The molecular formula is C22H23ClFN3O3. The average Bonchev–Trinajstić information content (AvgIpc) is 2.69. The van der Waals surface area contributed by atoms with Crippen molar-refractivity contribution in [3.05, 3.63) is 57.2 Å². The number of carboxylic acid groups (broad SMARTS) is 1. The van der Waals surface area contributed by atoms with Crippen LogP contribution in [-0.2, 0) is 16.9 Å². The summed E-state index contributed by atoms with van der Waals surface area (Å²) in [6.07, 6.45) is 5.97. The first-order valence-electron chi connectivity index (χ1n) is 10.3. The lowest BCUT2D eigenvalue weighted by molar-refractivity contribution is -0.173. The number of carboxylic acids is 1. The Morgan fingerprint density at radius 2 is 1.90 bits per heavy atom. The number of halogens is 2. The fraction of sp³-hybridized carbons (Fsp3) is 0.500. The summed E-state index contributed by atoms with van der Waals surface area (Å²) in [6.45, 7) is 0.378. The fourth-order valence-corrected chi connectivity index (χ4v) is 6.60. The summed E-state index contributed by atoms with van der Waals surface area (Å²) < 4.78 is 14.5. The van der Waals surface area contributed by atoms with E-state index >= 15 is 0 Å². The third-order valence-corrected chi connectivity index (χ3v) is 7.61. The highest BCUT2D eigenvalue weighted by Crippen LogP contribution is 2.63. The SMILES string of the molecule is O=C(O)C12C[C@@H]3C[C@@H](C1)CC(n1ncc(NCc4ccc(F)cc4)c(Cl)c1=O)(C3)C2. The molecule has 0 unspecified atom stereocenters. The molecule has 0 aliphatic heterocycles. The topological polar surface area (TPSA) is 84.2 Å². The molecule has 0 amide bonds. The first-order chi connectivity index (χ1) is 14.3. The summed E-state index contributed by atoms with van der Waals surface area (Å²) in [4.78, 5) is 25.3. The van der Waals surface area contributed by atoms with Crippen LogP contribution in [0.25, 0.3) is 0 Å². The van der Waals surface area contributed by atoms with E-state index in [0.717, 1.165) is 24.8 Å². The molecule has 1 aromatic carbocycles. The van der Waals surface area contributed by atoms with Crippen LogP contribution in [0.2, 0.25) is 5.02 Å². The smallest absolute Gasteiger partial charge is 0.309 e. The molecule has 1 heterocycles. The lowest BCUT2D eigenvalue weighted by atomic mass is 9.47. The van der Waals surface area contributed by atoms with E-state index in [1.54, 1.807) is 18.3 Å². The van der Waals surface area contributed by atoms with Gasteiger partial charge in [-0.2, -0.15) is 5.10 Å². The zero-order chi connectivity index (χ0) is 21.1. The van der Waals surface area contributed by atoms with Gasteiger partial charge in [-0.25, -0.2) is 9.07 Å². The molecule has 2 N–H and O–H groups in total. The number of nitrogens with one attached hydrogen (secondary N) is 1. The molecule has 4 bridgehead atoms. The van der Waals surface area contributed by atoms with Crippen LogP contribution in [0.15, 0.2) is 35.3 Å². The third kappa shape index (κ3) is 3.02. The monoisotopic (exact) mass is 431 g/mol. The van der Waals surface area contributed by atoms with Gasteiger partial charge in [0.15, 0.2) is 0 Å². The Kier molecular flexibility index (Phi) is 4.43. The van der Waals surface area contributed by atoms with Crippen molar-refractivity contribution >= 4 is 23.3 Å². The number of benzene rings is 1. The molecule has 4 saturated carbocycles. The second-order valence-corrected chi connectivity index (χ2v) is 9.72. The zero-order valence-corrected chi connectivity index (χ0v) is 17.2. The molecule has 1 aromatic heterocycles. The van der Waals surface area contributed by atoms with Crippen LogP contribution in [0.5, 0.6) is 0 Å². The minimum absolute atomic E-state index is 0.0484. The number of aromatic nitrogens is 2. The summed E-state index contributed by atoms with van der Waals surface area (Å²) in [7, 11) is 0. The van der Waals surface area contributed by atoms with Gasteiger partial charge < -0.3 is 10.4 Å². The molecule has 2 aromatic rings. The minimum Gasteiger partial charge on any atom is -0.481 e. The number of hydrogen-bond donors (Lipinski definition) is 2. The number of rotatable bonds is 5. The molecule has 2 atom stereocenters. The molecular weight excluding hydrogens is 409 g/mol. The molecule has 158 valence electrons. The number of nitrogens with zero attached hydrogens (tertiary/aromatic N) is 2. The lowest BCUT2D eigenvalue weighted by Gasteiger charge is -2.60. The fourth-order valence-electron chi connectivity index (χ4n) is 6.41. The van der Waals surface area contributed by atoms with Gasteiger partial charge in [0, 0.05) is 6.54 Å². The van der Waals surface area contributed by atoms with Gasteiger partial charge >= 0.3 is 5.97 Å². The standard InChI is InChI=1S/C22H23ClFN3O3/c23-18-17(25-10-13-1-3-16(24)4-2-13)11-26-27(19(18)28)22-8-14-5-15(9-22)7-21(6-14,12-22)20(29)30/h1-4,11,14-15,25H,5-10,12H2,(H,29,30)/t14-,15-,21?,22?/m0/s1. The van der Waals surface area contributed by atoms with Crippen LogP contribution in [0.3, 0.4) is 0 Å². The molecule has 30 heavy (non-hydrogen) atoms. The maximum atomic E-state index is 13.2. The van der Waals surface area contributed by atoms with Gasteiger partial charge in [-0.1, -0.05) is 23.7 Å². The molecule has 4 aliphatic carbocycles. The van der Waals surface area contributed by atoms with Crippen LogP contribution in [0, 0.1) is 23.1 Å². The molecule has 0 saturated heterocycles. The van der Waals surface area contributed by atoms with Crippen molar-refractivity contribution in [3.8, 4) is 0 Å². The Hall–Kier alpha value is -2.41. The Bertz CT molecular complexity index is 1050. The Morgan fingerprint density at radius 1 is 1.23 bits per heavy atom. The first kappa shape index (κ1) is 19.5. The van der Waals surface area contributed by atoms with E-state index in [0.29, 0.717) is 43.3 Å². The van der Waals surface area contributed by atoms with Crippen molar-refractivity contribution in [1.29, 1.82) is 0 Å². The van der Waals surface area contributed by atoms with E-state index in [-0.39, 0.29) is 16.4 Å². The largest absolute Gasteiger partial charge is 0.481 e. The number of hydrogen-bond acceptors (Lipinski definition) is 4. The predicted octanol–water partition coefficient (Wildman–Crippen LogP) is 4.03. The van der Waals surface area contributed by atoms with Gasteiger partial charge in [0.2, 0.25) is 0 Å². The number of aliphatic carboxylic acids is 1. The molecule has 6 rings (SSSR count). The van der Waals surface area contributed by atoms with Gasteiger partial charge in [0.1, 0.15) is 10.8 Å². The van der Waals surface area contributed by atoms with Gasteiger partial charge in [0.25, 0.3) is 5.56 Å². The lowest BCUT2D eigenvalue weighted by Crippen LogP contribution is -2.61. The summed E-state index contributed by atoms with van der Waals surface area (Å²) in [5, 5.41) is 17.5. The van der Waals surface area contributed by atoms with E-state index in [4.69, 9.17) is 11.6 Å². The van der Waals surface area contributed by atoms with E-state index < -0.39 is 16.9 Å². The van der Waals surface area contributed by atoms with Gasteiger partial charge in [0.05, 0.1) is 22.8 Å². The molecule has 8 heteroatoms. The average molecular weight is 432 g/mol. The Labute approximate surface area is 178 Å². The van der Waals surface area contributed by atoms with Crippen molar-refractivity contribution in [2.75, 3.05) is 5.32 Å². The van der Waals surface area contributed by atoms with Gasteiger partial charge in [-0.05, 0) is 68.1 Å². The normalized spacial score (nSPS) is 31.7. The van der Waals surface area contributed by atoms with Crippen molar-refractivity contribution in [2.45, 2.75) is 50.6 Å². The summed E-state index contributed by atoms with van der Waals surface area (Å²) >= 11 is 6.42. The maximum absolute atomic E-state index is 13.2. The van der Waals surface area contributed by atoms with Crippen LogP contribution in [-0.4, -0.2) is 20.9 Å². The summed E-state index contributed by atoms with van der Waals surface area (Å²) in [5.74, 6) is -0.439. The van der Waals surface area contributed by atoms with Crippen molar-refractivity contribution in [2.24, 2.45) is 17.3 Å². The zero-order valence-electron chi connectivity index (χ0n) is 16.4. The first-order valence-corrected chi connectivity index (χ1v) is 10.7. The Morgan fingerprint density at radius 3 is 2.53 bits per heavy atom. The quantitative estimate of drug-likeness (QED) is 0.746. The summed E-state index contributed by atoms with van der Waals surface area (Å²) in [6, 6.07) is 6.07. The highest BCUT2D eigenvalue weighted by Gasteiger charge is 2.62. The van der Waals surface area contributed by atoms with E-state index in [2.05, 4.69) is 10.4 Å². The highest BCUT2D eigenvalue weighted by molar-refractivity contribution is 6.32. The van der Waals surface area contributed by atoms with Gasteiger partial charge in [-0.3, -0.25) is 9.59 Å². The van der Waals surface area contributed by atoms with Crippen LogP contribution in [0.4, 0.5) is 10.1 Å². The molecule has 4 fully saturated rings. The number of anilines is 1. The third-order valence-electron chi connectivity index (χ3n) is 7.25. The van der Waals surface area contributed by atoms with E-state index in [9.17, 15) is 19.1 Å².